The van der Waals surface area contributed by atoms with Gasteiger partial charge < -0.3 is 34.9 Å². The number of nitrogens with two attached hydrogens (primary N) is 1. The Balaban J connectivity index is 0.797. The second kappa shape index (κ2) is 20.1. The topological polar surface area (TPSA) is 228 Å². The standard InChI is InChI=1S/C45H48N8O9/c1-28(8-7-21-59-22-23-60-24-25-61-35-13-5-12-33-37(35)45(58)53(44(33)57)34-18-19-36(54)51-42(34)55)43(56)52-20-6-9-30(26-52)50-41-38(40(47)48-27-49-41)39(46)29-14-16-32(17-15-29)62-31-10-3-2-4-11-31/h2-5,10-17,27,30,34,46H,1,6-9,18-26H2,(H,51,54,55)(H3,47,48,49,50). The molecule has 4 aromatic rings. The van der Waals surface area contributed by atoms with E-state index in [0.29, 0.717) is 73.2 Å². The number of nitrogens with zero attached hydrogens (tertiary/aromatic N) is 4. The first-order chi connectivity index (χ1) is 30.1. The molecule has 3 aromatic carbocycles. The van der Waals surface area contributed by atoms with E-state index in [-0.39, 0.29) is 73.0 Å². The first-order valence-electron chi connectivity index (χ1n) is 20.5. The van der Waals surface area contributed by atoms with Crippen molar-refractivity contribution in [3.05, 3.63) is 114 Å². The predicted molar refractivity (Wildman–Crippen MR) is 227 cm³/mol. The normalized spacial score (nSPS) is 17.4. The lowest BCUT2D eigenvalue weighted by molar-refractivity contribution is -0.136. The van der Waals surface area contributed by atoms with Gasteiger partial charge in [-0.2, -0.15) is 0 Å². The molecule has 0 aliphatic carbocycles. The summed E-state index contributed by atoms with van der Waals surface area (Å²) in [4.78, 5) is 74.9. The second-order valence-electron chi connectivity index (χ2n) is 14.9. The Labute approximate surface area is 358 Å². The Morgan fingerprint density at radius 2 is 1.63 bits per heavy atom. The van der Waals surface area contributed by atoms with E-state index >= 15 is 0 Å². The molecule has 62 heavy (non-hydrogen) atoms. The molecule has 2 unspecified atom stereocenters. The molecule has 0 radical (unpaired) electrons. The highest BCUT2D eigenvalue weighted by molar-refractivity contribution is 6.24. The number of imide groups is 2. The van der Waals surface area contributed by atoms with E-state index in [4.69, 9.17) is 30.1 Å². The van der Waals surface area contributed by atoms with Crippen molar-refractivity contribution in [1.29, 1.82) is 5.41 Å². The quantitative estimate of drug-likeness (QED) is 0.0441. The van der Waals surface area contributed by atoms with E-state index in [9.17, 15) is 24.0 Å². The number of amides is 5. The van der Waals surface area contributed by atoms with Crippen molar-refractivity contribution >= 4 is 46.9 Å². The van der Waals surface area contributed by atoms with Gasteiger partial charge in [-0.15, -0.1) is 0 Å². The third-order valence-electron chi connectivity index (χ3n) is 10.7. The van der Waals surface area contributed by atoms with Gasteiger partial charge >= 0.3 is 0 Å². The van der Waals surface area contributed by atoms with Crippen LogP contribution < -0.4 is 25.8 Å². The minimum atomic E-state index is -1.06. The molecule has 0 spiro atoms. The number of hydrogen-bond donors (Lipinski definition) is 4. The number of benzene rings is 3. The van der Waals surface area contributed by atoms with Crippen LogP contribution in [0.3, 0.4) is 0 Å². The minimum absolute atomic E-state index is 0.0341. The summed E-state index contributed by atoms with van der Waals surface area (Å²) in [5.41, 5.74) is 8.15. The predicted octanol–water partition coefficient (Wildman–Crippen LogP) is 4.52. The highest BCUT2D eigenvalue weighted by Crippen LogP contribution is 2.34. The Bertz CT molecular complexity index is 2340. The molecule has 322 valence electrons. The third-order valence-corrected chi connectivity index (χ3v) is 10.7. The fourth-order valence-electron chi connectivity index (χ4n) is 7.54. The molecule has 3 aliphatic heterocycles. The number of para-hydroxylation sites is 1. The van der Waals surface area contributed by atoms with Gasteiger partial charge in [0.1, 0.15) is 47.9 Å². The van der Waals surface area contributed by atoms with E-state index in [1.807, 2.05) is 30.3 Å². The number of aromatic nitrogens is 2. The minimum Gasteiger partial charge on any atom is -0.490 e. The van der Waals surface area contributed by atoms with Gasteiger partial charge in [-0.3, -0.25) is 39.6 Å². The first kappa shape index (κ1) is 43.1. The fourth-order valence-corrected chi connectivity index (χ4v) is 7.54. The molecule has 2 atom stereocenters. The van der Waals surface area contributed by atoms with E-state index in [1.165, 1.54) is 12.4 Å². The van der Waals surface area contributed by atoms with Crippen LogP contribution in [0.5, 0.6) is 17.2 Å². The summed E-state index contributed by atoms with van der Waals surface area (Å²) in [6.45, 7) is 6.38. The average molecular weight is 845 g/mol. The maximum absolute atomic E-state index is 13.4. The lowest BCUT2D eigenvalue weighted by atomic mass is 10.0. The van der Waals surface area contributed by atoms with Gasteiger partial charge in [0.15, 0.2) is 0 Å². The molecule has 2 fully saturated rings. The molecule has 17 nitrogen and oxygen atoms in total. The van der Waals surface area contributed by atoms with E-state index in [1.54, 1.807) is 41.3 Å². The van der Waals surface area contributed by atoms with E-state index in [0.717, 1.165) is 17.7 Å². The van der Waals surface area contributed by atoms with Crippen molar-refractivity contribution in [2.75, 3.05) is 57.2 Å². The van der Waals surface area contributed by atoms with Crippen molar-refractivity contribution in [2.45, 2.75) is 50.6 Å². The van der Waals surface area contributed by atoms with Crippen molar-refractivity contribution in [3.63, 3.8) is 0 Å². The van der Waals surface area contributed by atoms with Crippen LogP contribution >= 0.6 is 0 Å². The maximum Gasteiger partial charge on any atom is 0.266 e. The van der Waals surface area contributed by atoms with Crippen LogP contribution in [0.4, 0.5) is 11.6 Å². The Kier molecular flexibility index (Phi) is 13.9. The zero-order valence-corrected chi connectivity index (χ0v) is 34.1. The summed E-state index contributed by atoms with van der Waals surface area (Å²) in [5, 5.41) is 14.6. The lowest BCUT2D eigenvalue weighted by Gasteiger charge is -2.34. The monoisotopic (exact) mass is 844 g/mol. The molecular formula is C45H48N8O9. The molecule has 0 saturated carbocycles. The molecule has 17 heteroatoms. The largest absolute Gasteiger partial charge is 0.490 e. The first-order valence-corrected chi connectivity index (χ1v) is 20.5. The summed E-state index contributed by atoms with van der Waals surface area (Å²) in [6, 6.07) is 20.1. The SMILES string of the molecule is C=C(CCCOCCOCCOc1cccc2c1C(=O)N(C1CCC(=O)NC1=O)C2=O)C(=O)N1CCCC(Nc2ncnc(N)c2C(=N)c2ccc(Oc3ccccc3)cc2)C1. The fraction of sp³-hybridized carbons (Fsp3) is 0.333. The molecule has 4 heterocycles. The Morgan fingerprint density at radius 3 is 2.40 bits per heavy atom. The number of nitrogens with one attached hydrogen (secondary N) is 3. The van der Waals surface area contributed by atoms with Crippen LogP contribution in [-0.4, -0.2) is 113 Å². The van der Waals surface area contributed by atoms with E-state index in [2.05, 4.69) is 27.2 Å². The summed E-state index contributed by atoms with van der Waals surface area (Å²) in [7, 11) is 0. The van der Waals surface area contributed by atoms with Crippen molar-refractivity contribution < 1.29 is 42.9 Å². The van der Waals surface area contributed by atoms with Crippen LogP contribution in [0, 0.1) is 5.41 Å². The summed E-state index contributed by atoms with van der Waals surface area (Å²) in [6.07, 6.45) is 4.08. The highest BCUT2D eigenvalue weighted by Gasteiger charge is 2.46. The number of likely N-dealkylation sites (tertiary alicyclic amines) is 1. The second-order valence-corrected chi connectivity index (χ2v) is 14.9. The van der Waals surface area contributed by atoms with Crippen LogP contribution in [0.2, 0.25) is 0 Å². The number of piperidine rings is 2. The van der Waals surface area contributed by atoms with Gasteiger partial charge in [0.25, 0.3) is 11.8 Å². The van der Waals surface area contributed by atoms with Gasteiger partial charge in [-0.1, -0.05) is 30.8 Å². The molecule has 2 saturated heterocycles. The average Bonchev–Trinajstić information content (AvgIpc) is 3.53. The maximum atomic E-state index is 13.4. The highest BCUT2D eigenvalue weighted by atomic mass is 16.5. The number of carbonyl (C=O) groups excluding carboxylic acids is 5. The lowest BCUT2D eigenvalue weighted by Crippen LogP contribution is -2.54. The smallest absolute Gasteiger partial charge is 0.266 e. The Hall–Kier alpha value is -6.98. The molecular weight excluding hydrogens is 797 g/mol. The number of anilines is 2. The molecule has 3 aliphatic rings. The summed E-state index contributed by atoms with van der Waals surface area (Å²) >= 11 is 0. The van der Waals surface area contributed by atoms with Gasteiger partial charge in [-0.05, 0) is 80.6 Å². The number of carbonyl (C=O) groups is 5. The zero-order valence-electron chi connectivity index (χ0n) is 34.1. The molecule has 7 rings (SSSR count). The number of fused-ring (bicyclic) bond motifs is 1. The molecule has 0 bridgehead atoms. The number of ether oxygens (including phenoxy) is 4. The molecule has 5 N–H and O–H groups in total. The zero-order chi connectivity index (χ0) is 43.6. The summed E-state index contributed by atoms with van der Waals surface area (Å²) in [5.74, 6) is -0.341. The van der Waals surface area contributed by atoms with Gasteiger partial charge in [-0.25, -0.2) is 9.97 Å². The number of rotatable bonds is 19. The van der Waals surface area contributed by atoms with Gasteiger partial charge in [0.2, 0.25) is 17.7 Å². The Morgan fingerprint density at radius 1 is 0.887 bits per heavy atom. The van der Waals surface area contributed by atoms with Crippen molar-refractivity contribution in [1.82, 2.24) is 25.1 Å². The number of nitrogen functional groups attached to an aromatic ring is 1. The van der Waals surface area contributed by atoms with E-state index < -0.39 is 29.7 Å². The molecule has 1 aromatic heterocycles. The van der Waals surface area contributed by atoms with Crippen LogP contribution in [-0.2, 0) is 23.9 Å². The van der Waals surface area contributed by atoms with Crippen LogP contribution in [0.25, 0.3) is 0 Å². The third kappa shape index (κ3) is 10.1. The van der Waals surface area contributed by atoms with Crippen LogP contribution in [0.1, 0.15) is 70.4 Å². The van der Waals surface area contributed by atoms with Crippen molar-refractivity contribution in [2.24, 2.45) is 0 Å². The number of hydrogen-bond acceptors (Lipinski definition) is 14. The molecule has 5 amide bonds. The van der Waals surface area contributed by atoms with Crippen molar-refractivity contribution in [3.8, 4) is 17.2 Å². The van der Waals surface area contributed by atoms with Crippen LogP contribution in [0.15, 0.2) is 91.3 Å². The van der Waals surface area contributed by atoms with Gasteiger partial charge in [0, 0.05) is 43.3 Å². The summed E-state index contributed by atoms with van der Waals surface area (Å²) < 4.78 is 23.0. The van der Waals surface area contributed by atoms with Gasteiger partial charge in [0.05, 0.1) is 42.2 Å².